The average molecular weight is 305 g/mol. The number of benzene rings is 1. The van der Waals surface area contributed by atoms with Gasteiger partial charge in [0.25, 0.3) is 0 Å². The Morgan fingerprint density at radius 1 is 1.25 bits per heavy atom. The van der Waals surface area contributed by atoms with Crippen LogP contribution in [0.15, 0.2) is 24.3 Å². The molecular formula is C11H10F3N3O2S. The Morgan fingerprint density at radius 2 is 1.90 bits per heavy atom. The van der Waals surface area contributed by atoms with Gasteiger partial charge in [0.05, 0.1) is 17.1 Å². The van der Waals surface area contributed by atoms with Crippen molar-refractivity contribution in [2.75, 3.05) is 11.9 Å². The number of alkyl halides is 3. The van der Waals surface area contributed by atoms with Gasteiger partial charge in [-0.3, -0.25) is 9.59 Å². The van der Waals surface area contributed by atoms with E-state index in [0.717, 1.165) is 18.2 Å². The molecule has 0 fully saturated rings. The molecule has 0 unspecified atom stereocenters. The number of carbonyl (C=O) groups is 2. The number of halogens is 3. The van der Waals surface area contributed by atoms with E-state index >= 15 is 0 Å². The maximum Gasteiger partial charge on any atom is 0.416 e. The van der Waals surface area contributed by atoms with E-state index in [-0.39, 0.29) is 17.2 Å². The molecule has 20 heavy (non-hydrogen) atoms. The fourth-order valence-electron chi connectivity index (χ4n) is 1.21. The molecule has 0 aliphatic heterocycles. The van der Waals surface area contributed by atoms with Gasteiger partial charge >= 0.3 is 18.0 Å². The topological polar surface area (TPSA) is 84.2 Å². The molecule has 2 amide bonds. The van der Waals surface area contributed by atoms with Gasteiger partial charge in [0, 0.05) is 5.69 Å². The first-order chi connectivity index (χ1) is 9.20. The zero-order chi connectivity index (χ0) is 15.3. The lowest BCUT2D eigenvalue weighted by atomic mass is 10.2. The quantitative estimate of drug-likeness (QED) is 0.575. The Morgan fingerprint density at radius 3 is 2.45 bits per heavy atom. The lowest BCUT2D eigenvalue weighted by Gasteiger charge is -2.09. The first-order valence-corrected chi connectivity index (χ1v) is 5.65. The van der Waals surface area contributed by atoms with Crippen molar-refractivity contribution in [1.29, 1.82) is 0 Å². The number of nitrogens with one attached hydrogen (secondary N) is 2. The Labute approximate surface area is 117 Å². The van der Waals surface area contributed by atoms with Crippen molar-refractivity contribution >= 4 is 34.7 Å². The highest BCUT2D eigenvalue weighted by molar-refractivity contribution is 7.80. The molecule has 1 rings (SSSR count). The van der Waals surface area contributed by atoms with E-state index in [4.69, 9.17) is 5.73 Å². The van der Waals surface area contributed by atoms with Crippen LogP contribution < -0.4 is 16.4 Å². The molecule has 0 heterocycles. The standard InChI is InChI=1S/C11H10F3N3O2S/c12-11(13,14)6-2-1-3-7(4-6)17-10(19)9(18)16-5-8(15)20/h1-4H,5H2,(H2,15,20)(H,16,18)(H,17,19). The largest absolute Gasteiger partial charge is 0.416 e. The average Bonchev–Trinajstić information content (AvgIpc) is 2.35. The minimum absolute atomic E-state index is 0.0229. The third-order valence-electron chi connectivity index (χ3n) is 2.08. The second-order valence-corrected chi connectivity index (χ2v) is 4.21. The van der Waals surface area contributed by atoms with E-state index in [0.29, 0.717) is 0 Å². The van der Waals surface area contributed by atoms with Crippen LogP contribution >= 0.6 is 12.2 Å². The van der Waals surface area contributed by atoms with E-state index in [1.807, 2.05) is 5.32 Å². The van der Waals surface area contributed by atoms with Gasteiger partial charge in [-0.15, -0.1) is 0 Å². The van der Waals surface area contributed by atoms with Crippen molar-refractivity contribution < 1.29 is 22.8 Å². The van der Waals surface area contributed by atoms with Gasteiger partial charge in [0.15, 0.2) is 0 Å². The molecule has 0 bridgehead atoms. The second kappa shape index (κ2) is 6.33. The van der Waals surface area contributed by atoms with E-state index in [2.05, 4.69) is 17.5 Å². The summed E-state index contributed by atoms with van der Waals surface area (Å²) in [4.78, 5) is 22.6. The number of thiocarbonyl (C=S) groups is 1. The molecule has 0 spiro atoms. The number of carbonyl (C=O) groups excluding carboxylic acids is 2. The summed E-state index contributed by atoms with van der Waals surface area (Å²) in [6, 6.07) is 3.92. The predicted molar refractivity (Wildman–Crippen MR) is 69.9 cm³/mol. The highest BCUT2D eigenvalue weighted by Gasteiger charge is 2.30. The Hall–Kier alpha value is -2.16. The van der Waals surface area contributed by atoms with E-state index in [1.165, 1.54) is 6.07 Å². The lowest BCUT2D eigenvalue weighted by Crippen LogP contribution is -2.39. The number of rotatable bonds is 3. The van der Waals surface area contributed by atoms with Crippen LogP contribution in [0.1, 0.15) is 5.56 Å². The highest BCUT2D eigenvalue weighted by atomic mass is 32.1. The third-order valence-corrected chi connectivity index (χ3v) is 2.22. The lowest BCUT2D eigenvalue weighted by molar-refractivity contribution is -0.137. The minimum atomic E-state index is -4.53. The normalized spacial score (nSPS) is 10.8. The van der Waals surface area contributed by atoms with Crippen molar-refractivity contribution in [1.82, 2.24) is 5.32 Å². The maximum absolute atomic E-state index is 12.5. The van der Waals surface area contributed by atoms with Crippen LogP contribution in [0.25, 0.3) is 0 Å². The van der Waals surface area contributed by atoms with Gasteiger partial charge in [-0.2, -0.15) is 13.2 Å². The molecule has 0 atom stereocenters. The fraction of sp³-hybridized carbons (Fsp3) is 0.182. The van der Waals surface area contributed by atoms with Gasteiger partial charge in [-0.1, -0.05) is 18.3 Å². The zero-order valence-corrected chi connectivity index (χ0v) is 10.8. The monoisotopic (exact) mass is 305 g/mol. The Balaban J connectivity index is 2.71. The van der Waals surface area contributed by atoms with Crippen LogP contribution in [-0.4, -0.2) is 23.3 Å². The summed E-state index contributed by atoms with van der Waals surface area (Å²) in [5.41, 5.74) is 4.05. The van der Waals surface area contributed by atoms with Crippen molar-refractivity contribution in [3.63, 3.8) is 0 Å². The number of nitrogens with two attached hydrogens (primary N) is 1. The molecule has 0 saturated heterocycles. The van der Waals surface area contributed by atoms with Crippen LogP contribution in [0.5, 0.6) is 0 Å². The number of hydrogen-bond acceptors (Lipinski definition) is 3. The number of hydrogen-bond donors (Lipinski definition) is 3. The summed E-state index contributed by atoms with van der Waals surface area (Å²) in [5, 5.41) is 4.15. The molecule has 0 saturated carbocycles. The smallest absolute Gasteiger partial charge is 0.392 e. The second-order valence-electron chi connectivity index (χ2n) is 3.68. The zero-order valence-electron chi connectivity index (χ0n) is 9.95. The van der Waals surface area contributed by atoms with E-state index in [1.54, 1.807) is 0 Å². The summed E-state index contributed by atoms with van der Waals surface area (Å²) in [7, 11) is 0. The van der Waals surface area contributed by atoms with Gasteiger partial charge in [-0.05, 0) is 18.2 Å². The third kappa shape index (κ3) is 4.84. The van der Waals surface area contributed by atoms with Crippen molar-refractivity contribution in [3.05, 3.63) is 29.8 Å². The van der Waals surface area contributed by atoms with Gasteiger partial charge < -0.3 is 16.4 Å². The predicted octanol–water partition coefficient (Wildman–Crippen LogP) is 1.05. The molecule has 1 aromatic rings. The van der Waals surface area contributed by atoms with Crippen LogP contribution in [0.2, 0.25) is 0 Å². The van der Waals surface area contributed by atoms with Crippen LogP contribution in [0.3, 0.4) is 0 Å². The molecule has 108 valence electrons. The fourth-order valence-corrected chi connectivity index (χ4v) is 1.28. The van der Waals surface area contributed by atoms with Gasteiger partial charge in [0.2, 0.25) is 0 Å². The summed E-state index contributed by atoms with van der Waals surface area (Å²) in [6.45, 7) is -0.176. The summed E-state index contributed by atoms with van der Waals surface area (Å²) >= 11 is 4.49. The molecule has 1 aromatic carbocycles. The van der Waals surface area contributed by atoms with Crippen LogP contribution in [-0.2, 0) is 15.8 Å². The molecule has 4 N–H and O–H groups in total. The highest BCUT2D eigenvalue weighted by Crippen LogP contribution is 2.30. The summed E-state index contributed by atoms with van der Waals surface area (Å²) < 4.78 is 37.4. The van der Waals surface area contributed by atoms with E-state index < -0.39 is 23.6 Å². The SMILES string of the molecule is NC(=S)CNC(=O)C(=O)Nc1cccc(C(F)(F)F)c1. The van der Waals surface area contributed by atoms with Gasteiger partial charge in [0.1, 0.15) is 0 Å². The first-order valence-electron chi connectivity index (χ1n) is 5.25. The molecule has 9 heteroatoms. The van der Waals surface area contributed by atoms with Crippen molar-refractivity contribution in [2.24, 2.45) is 5.73 Å². The molecular weight excluding hydrogens is 295 g/mol. The maximum atomic E-state index is 12.5. The molecule has 5 nitrogen and oxygen atoms in total. The summed E-state index contributed by atoms with van der Waals surface area (Å²) in [6.07, 6.45) is -4.53. The van der Waals surface area contributed by atoms with Crippen molar-refractivity contribution in [2.45, 2.75) is 6.18 Å². The molecule has 0 aromatic heterocycles. The van der Waals surface area contributed by atoms with Crippen molar-refractivity contribution in [3.8, 4) is 0 Å². The molecule has 0 aliphatic carbocycles. The molecule has 0 aliphatic rings. The van der Waals surface area contributed by atoms with Crippen LogP contribution in [0.4, 0.5) is 18.9 Å². The van der Waals surface area contributed by atoms with Crippen LogP contribution in [0, 0.1) is 0 Å². The Bertz CT molecular complexity index is 546. The number of amides is 2. The minimum Gasteiger partial charge on any atom is -0.392 e. The van der Waals surface area contributed by atoms with E-state index in [9.17, 15) is 22.8 Å². The first kappa shape index (κ1) is 15.9. The summed E-state index contributed by atoms with van der Waals surface area (Å²) in [5.74, 6) is -2.16. The molecule has 0 radical (unpaired) electrons. The number of anilines is 1. The van der Waals surface area contributed by atoms with Gasteiger partial charge in [-0.25, -0.2) is 0 Å². The Kier molecular flexibility index (Phi) is 5.03.